The number of likely N-dealkylation sites (N-methyl/N-ethyl adjacent to an activating group) is 1. The highest BCUT2D eigenvalue weighted by Crippen LogP contribution is 2.27. The van der Waals surface area contributed by atoms with Crippen LogP contribution >= 0.6 is 0 Å². The maximum absolute atomic E-state index is 9.61. The largest absolute Gasteiger partial charge is 0.482 e. The molecule has 0 fully saturated rings. The molecule has 0 aromatic carbocycles. The molecule has 0 amide bonds. The second-order valence-corrected chi connectivity index (χ2v) is 5.25. The van der Waals surface area contributed by atoms with Gasteiger partial charge in [-0.2, -0.15) is 4.98 Å². The Morgan fingerprint density at radius 2 is 2.33 bits per heavy atom. The van der Waals surface area contributed by atoms with Crippen LogP contribution in [0.25, 0.3) is 0 Å². The van der Waals surface area contributed by atoms with E-state index in [2.05, 4.69) is 28.5 Å². The molecular weight excluding hydrogens is 306 g/mol. The van der Waals surface area contributed by atoms with E-state index in [1.807, 2.05) is 18.0 Å². The van der Waals surface area contributed by atoms with Crippen molar-refractivity contribution in [3.8, 4) is 5.75 Å². The standard InChI is InChI=1S/C17H27N5O2/c1-5-7-9-13(19-3)12-24-15-10-20-17(18)21-16(15)22(4)14(11-23)8-6-2/h5,7,9-10,14,23H,1,6,8,11-12H2,2-4H3,(H2,18,20,21)/b9-7-,19-13?. The number of aliphatic hydroxyl groups is 1. The van der Waals surface area contributed by atoms with Crippen LogP contribution in [0.15, 0.2) is 36.0 Å². The van der Waals surface area contributed by atoms with Crippen molar-refractivity contribution in [1.82, 2.24) is 9.97 Å². The van der Waals surface area contributed by atoms with E-state index in [4.69, 9.17) is 10.5 Å². The Hall–Kier alpha value is -2.41. The van der Waals surface area contributed by atoms with E-state index < -0.39 is 0 Å². The van der Waals surface area contributed by atoms with E-state index in [1.165, 1.54) is 0 Å². The summed E-state index contributed by atoms with van der Waals surface area (Å²) in [5.41, 5.74) is 6.47. The smallest absolute Gasteiger partial charge is 0.222 e. The number of nitrogens with two attached hydrogens (primary N) is 1. The number of ether oxygens (including phenoxy) is 1. The Bertz CT molecular complexity index is 586. The molecule has 132 valence electrons. The van der Waals surface area contributed by atoms with Crippen molar-refractivity contribution in [3.63, 3.8) is 0 Å². The van der Waals surface area contributed by atoms with E-state index in [0.717, 1.165) is 18.6 Å². The molecule has 1 rings (SSSR count). The summed E-state index contributed by atoms with van der Waals surface area (Å²) in [5, 5.41) is 9.61. The van der Waals surface area contributed by atoms with Crippen molar-refractivity contribution in [2.75, 3.05) is 37.9 Å². The molecule has 0 bridgehead atoms. The average molecular weight is 333 g/mol. The van der Waals surface area contributed by atoms with Gasteiger partial charge in [0.25, 0.3) is 0 Å². The van der Waals surface area contributed by atoms with E-state index >= 15 is 0 Å². The first-order valence-corrected chi connectivity index (χ1v) is 7.91. The number of rotatable bonds is 10. The third kappa shape index (κ3) is 5.66. The van der Waals surface area contributed by atoms with E-state index in [9.17, 15) is 5.11 Å². The van der Waals surface area contributed by atoms with Crippen molar-refractivity contribution in [3.05, 3.63) is 31.0 Å². The molecule has 1 atom stereocenters. The molecule has 1 aromatic heterocycles. The quantitative estimate of drug-likeness (QED) is 0.501. The van der Waals surface area contributed by atoms with Crippen LogP contribution in [0, 0.1) is 0 Å². The lowest BCUT2D eigenvalue weighted by Gasteiger charge is -2.28. The summed E-state index contributed by atoms with van der Waals surface area (Å²) in [5.74, 6) is 1.21. The van der Waals surface area contributed by atoms with Gasteiger partial charge in [-0.1, -0.05) is 32.1 Å². The van der Waals surface area contributed by atoms with Gasteiger partial charge in [0, 0.05) is 14.1 Å². The Balaban J connectivity index is 2.99. The molecule has 7 nitrogen and oxygen atoms in total. The molecule has 0 spiro atoms. The van der Waals surface area contributed by atoms with Crippen molar-refractivity contribution in [2.45, 2.75) is 25.8 Å². The van der Waals surface area contributed by atoms with Crippen molar-refractivity contribution in [2.24, 2.45) is 4.99 Å². The minimum Gasteiger partial charge on any atom is -0.482 e. The van der Waals surface area contributed by atoms with Crippen LogP contribution in [-0.4, -0.2) is 54.1 Å². The van der Waals surface area contributed by atoms with Crippen molar-refractivity contribution >= 4 is 17.5 Å². The van der Waals surface area contributed by atoms with Crippen LogP contribution < -0.4 is 15.4 Å². The van der Waals surface area contributed by atoms with Crippen molar-refractivity contribution in [1.29, 1.82) is 0 Å². The topological polar surface area (TPSA) is 96.9 Å². The van der Waals surface area contributed by atoms with Gasteiger partial charge in [-0.05, 0) is 12.5 Å². The fourth-order valence-corrected chi connectivity index (χ4v) is 2.16. The van der Waals surface area contributed by atoms with Crippen LogP contribution in [-0.2, 0) is 0 Å². The van der Waals surface area contributed by atoms with Gasteiger partial charge in [-0.3, -0.25) is 4.99 Å². The van der Waals surface area contributed by atoms with Crippen LogP contribution in [0.1, 0.15) is 19.8 Å². The summed E-state index contributed by atoms with van der Waals surface area (Å²) in [4.78, 5) is 14.3. The Labute approximate surface area is 143 Å². The molecule has 0 aliphatic rings. The predicted octanol–water partition coefficient (Wildman–Crippen LogP) is 1.85. The van der Waals surface area contributed by atoms with E-state index in [0.29, 0.717) is 11.6 Å². The van der Waals surface area contributed by atoms with Gasteiger partial charge >= 0.3 is 0 Å². The number of allylic oxidation sites excluding steroid dienone is 2. The van der Waals surface area contributed by atoms with Crippen LogP contribution in [0.2, 0.25) is 0 Å². The van der Waals surface area contributed by atoms with Gasteiger partial charge in [0.1, 0.15) is 6.61 Å². The number of anilines is 2. The summed E-state index contributed by atoms with van der Waals surface area (Å²) in [6.07, 6.45) is 8.61. The summed E-state index contributed by atoms with van der Waals surface area (Å²) < 4.78 is 5.82. The summed E-state index contributed by atoms with van der Waals surface area (Å²) in [7, 11) is 3.55. The van der Waals surface area contributed by atoms with Gasteiger partial charge < -0.3 is 20.5 Å². The van der Waals surface area contributed by atoms with Crippen LogP contribution in [0.5, 0.6) is 5.75 Å². The number of aliphatic hydroxyl groups excluding tert-OH is 1. The van der Waals surface area contributed by atoms with Crippen LogP contribution in [0.3, 0.4) is 0 Å². The monoisotopic (exact) mass is 333 g/mol. The number of hydrogen-bond acceptors (Lipinski definition) is 7. The number of aliphatic imine (C=N–C) groups is 1. The molecule has 7 heteroatoms. The zero-order chi connectivity index (χ0) is 17.9. The molecule has 0 radical (unpaired) electrons. The van der Waals surface area contributed by atoms with Gasteiger partial charge in [0.05, 0.1) is 24.6 Å². The molecule has 3 N–H and O–H groups in total. The average Bonchev–Trinajstić information content (AvgIpc) is 2.60. The lowest BCUT2D eigenvalue weighted by Crippen LogP contribution is -2.35. The Morgan fingerprint density at radius 3 is 2.92 bits per heavy atom. The molecular formula is C17H27N5O2. The molecule has 1 unspecified atom stereocenters. The number of nitrogen functional groups attached to an aromatic ring is 1. The molecule has 0 saturated heterocycles. The first-order valence-electron chi connectivity index (χ1n) is 7.91. The molecule has 1 aromatic rings. The second kappa shape index (κ2) is 10.4. The van der Waals surface area contributed by atoms with Gasteiger partial charge in [-0.25, -0.2) is 4.98 Å². The normalized spacial score (nSPS) is 13.1. The molecule has 1 heterocycles. The summed E-state index contributed by atoms with van der Waals surface area (Å²) in [6.45, 7) is 5.99. The summed E-state index contributed by atoms with van der Waals surface area (Å²) >= 11 is 0. The Morgan fingerprint density at radius 1 is 1.58 bits per heavy atom. The SMILES string of the molecule is C=C/C=C\C(COc1cnc(N)nc1N(C)C(CO)CCC)=NC. The second-order valence-electron chi connectivity index (χ2n) is 5.25. The van der Waals surface area contributed by atoms with Crippen molar-refractivity contribution < 1.29 is 9.84 Å². The minimum atomic E-state index is -0.0633. The molecule has 0 aliphatic heterocycles. The lowest BCUT2D eigenvalue weighted by molar-refractivity contribution is 0.254. The molecule has 24 heavy (non-hydrogen) atoms. The third-order valence-electron chi connectivity index (χ3n) is 3.56. The van der Waals surface area contributed by atoms with E-state index in [-0.39, 0.29) is 25.2 Å². The minimum absolute atomic E-state index is 0.0252. The fraction of sp³-hybridized carbons (Fsp3) is 0.471. The zero-order valence-electron chi connectivity index (χ0n) is 14.6. The molecule has 0 saturated carbocycles. The van der Waals surface area contributed by atoms with Crippen LogP contribution in [0.4, 0.5) is 11.8 Å². The van der Waals surface area contributed by atoms with Gasteiger partial charge in [0.2, 0.25) is 5.95 Å². The fourth-order valence-electron chi connectivity index (χ4n) is 2.16. The maximum atomic E-state index is 9.61. The lowest BCUT2D eigenvalue weighted by atomic mass is 10.1. The summed E-state index contributed by atoms with van der Waals surface area (Å²) in [6, 6.07) is -0.0633. The maximum Gasteiger partial charge on any atom is 0.222 e. The van der Waals surface area contributed by atoms with Gasteiger partial charge in [-0.15, -0.1) is 0 Å². The highest BCUT2D eigenvalue weighted by atomic mass is 16.5. The predicted molar refractivity (Wildman–Crippen MR) is 98.8 cm³/mol. The first kappa shape index (κ1) is 19.6. The Kier molecular flexibility index (Phi) is 8.49. The number of hydrogen-bond donors (Lipinski definition) is 2. The number of nitrogens with zero attached hydrogens (tertiary/aromatic N) is 4. The van der Waals surface area contributed by atoms with Gasteiger partial charge in [0.15, 0.2) is 11.6 Å². The van der Waals surface area contributed by atoms with E-state index in [1.54, 1.807) is 25.4 Å². The highest BCUT2D eigenvalue weighted by Gasteiger charge is 2.19. The first-order chi connectivity index (χ1) is 11.6. The highest BCUT2D eigenvalue weighted by molar-refractivity contribution is 5.96. The third-order valence-corrected chi connectivity index (χ3v) is 3.56. The molecule has 0 aliphatic carbocycles. The number of aromatic nitrogens is 2. The zero-order valence-corrected chi connectivity index (χ0v) is 14.6.